The average molecular weight is 242 g/mol. The van der Waals surface area contributed by atoms with Crippen LogP contribution in [0.2, 0.25) is 0 Å². The van der Waals surface area contributed by atoms with Crippen LogP contribution in [0, 0.1) is 0 Å². The highest BCUT2D eigenvalue weighted by Gasteiger charge is 2.03. The lowest BCUT2D eigenvalue weighted by molar-refractivity contribution is 0.251. The van der Waals surface area contributed by atoms with Gasteiger partial charge in [0.25, 0.3) is 0 Å². The summed E-state index contributed by atoms with van der Waals surface area (Å²) in [4.78, 5) is 14.8. The van der Waals surface area contributed by atoms with Gasteiger partial charge in [0.15, 0.2) is 0 Å². The molecule has 0 saturated heterocycles. The summed E-state index contributed by atoms with van der Waals surface area (Å²) in [5.41, 5.74) is 6.62. The molecule has 1 aromatic carbocycles. The van der Waals surface area contributed by atoms with E-state index in [1.54, 1.807) is 6.07 Å². The van der Waals surface area contributed by atoms with Gasteiger partial charge in [-0.05, 0) is 12.1 Å². The first-order chi connectivity index (χ1) is 5.79. The third-order valence-electron chi connectivity index (χ3n) is 1.69. The minimum atomic E-state index is -0.510. The predicted octanol–water partition coefficient (Wildman–Crippen LogP) is 1.54. The van der Waals surface area contributed by atoms with Gasteiger partial charge in [0.1, 0.15) is 6.33 Å². The Morgan fingerprint density at radius 1 is 1.38 bits per heavy atom. The maximum atomic E-state index is 10.8. The zero-order valence-electron chi connectivity index (χ0n) is 6.68. The van der Waals surface area contributed by atoms with Gasteiger partial charge in [0.05, 0.1) is 11.0 Å². The Morgan fingerprint density at radius 3 is 2.77 bits per heavy atom. The van der Waals surface area contributed by atoms with Gasteiger partial charge in [-0.1, -0.05) is 12.1 Å². The van der Waals surface area contributed by atoms with Crippen LogP contribution < -0.4 is 5.73 Å². The SMILES string of the molecule is Br.NC(=O)n1cnc2ccccc21. The van der Waals surface area contributed by atoms with E-state index >= 15 is 0 Å². The maximum absolute atomic E-state index is 10.8. The smallest absolute Gasteiger partial charge is 0.324 e. The molecule has 13 heavy (non-hydrogen) atoms. The highest BCUT2D eigenvalue weighted by Crippen LogP contribution is 2.10. The highest BCUT2D eigenvalue weighted by atomic mass is 79.9. The number of halogens is 1. The maximum Gasteiger partial charge on any atom is 0.324 e. The molecule has 0 spiro atoms. The van der Waals surface area contributed by atoms with Crippen molar-refractivity contribution in [1.82, 2.24) is 9.55 Å². The van der Waals surface area contributed by atoms with Crippen LogP contribution in [-0.4, -0.2) is 15.6 Å². The lowest BCUT2D eigenvalue weighted by Crippen LogP contribution is -2.18. The van der Waals surface area contributed by atoms with E-state index in [9.17, 15) is 4.79 Å². The molecule has 0 saturated carbocycles. The van der Waals surface area contributed by atoms with Crippen molar-refractivity contribution < 1.29 is 4.79 Å². The Hall–Kier alpha value is -1.36. The molecule has 0 unspecified atom stereocenters. The second kappa shape index (κ2) is 3.57. The molecule has 68 valence electrons. The van der Waals surface area contributed by atoms with Crippen molar-refractivity contribution in [2.45, 2.75) is 0 Å². The van der Waals surface area contributed by atoms with E-state index in [1.807, 2.05) is 18.2 Å². The van der Waals surface area contributed by atoms with E-state index < -0.39 is 6.03 Å². The molecule has 1 aromatic heterocycles. The molecule has 0 aliphatic heterocycles. The Kier molecular flexibility index (Phi) is 2.67. The quantitative estimate of drug-likeness (QED) is 0.761. The normalized spacial score (nSPS) is 9.54. The number of imidazole rings is 1. The molecular weight excluding hydrogens is 234 g/mol. The molecule has 0 fully saturated rings. The Morgan fingerprint density at radius 2 is 2.08 bits per heavy atom. The van der Waals surface area contributed by atoms with Gasteiger partial charge < -0.3 is 5.73 Å². The van der Waals surface area contributed by atoms with Gasteiger partial charge in [-0.25, -0.2) is 9.78 Å². The summed E-state index contributed by atoms with van der Waals surface area (Å²) in [7, 11) is 0. The number of para-hydroxylation sites is 2. The number of amides is 1. The number of aromatic nitrogens is 2. The Labute approximate surface area is 85.1 Å². The first-order valence-electron chi connectivity index (χ1n) is 3.51. The molecule has 0 aliphatic rings. The molecule has 0 radical (unpaired) electrons. The van der Waals surface area contributed by atoms with Crippen molar-refractivity contribution in [1.29, 1.82) is 0 Å². The van der Waals surface area contributed by atoms with Crippen molar-refractivity contribution in [3.05, 3.63) is 30.6 Å². The van der Waals surface area contributed by atoms with E-state index in [0.29, 0.717) is 0 Å². The summed E-state index contributed by atoms with van der Waals surface area (Å²) in [6.07, 6.45) is 1.42. The second-order valence-corrected chi connectivity index (χ2v) is 2.44. The molecule has 1 amide bonds. The topological polar surface area (TPSA) is 60.9 Å². The zero-order valence-corrected chi connectivity index (χ0v) is 8.39. The first-order valence-corrected chi connectivity index (χ1v) is 3.51. The van der Waals surface area contributed by atoms with Gasteiger partial charge in [-0.2, -0.15) is 0 Å². The summed E-state index contributed by atoms with van der Waals surface area (Å²) in [5, 5.41) is 0. The summed E-state index contributed by atoms with van der Waals surface area (Å²) >= 11 is 0. The van der Waals surface area contributed by atoms with Crippen LogP contribution in [0.5, 0.6) is 0 Å². The number of carbonyl (C=O) groups excluding carboxylic acids is 1. The van der Waals surface area contributed by atoms with Crippen molar-refractivity contribution in [3.8, 4) is 0 Å². The number of hydrogen-bond acceptors (Lipinski definition) is 2. The summed E-state index contributed by atoms with van der Waals surface area (Å²) in [6.45, 7) is 0. The summed E-state index contributed by atoms with van der Waals surface area (Å²) in [6, 6.07) is 6.81. The van der Waals surface area contributed by atoms with Crippen LogP contribution >= 0.6 is 17.0 Å². The van der Waals surface area contributed by atoms with E-state index in [-0.39, 0.29) is 17.0 Å². The van der Waals surface area contributed by atoms with Gasteiger partial charge in [-0.15, -0.1) is 17.0 Å². The standard InChI is InChI=1S/C8H7N3O.BrH/c9-8(12)11-5-10-6-3-1-2-4-7(6)11;/h1-5H,(H2,9,12);1H. The lowest BCUT2D eigenvalue weighted by atomic mass is 10.3. The van der Waals surface area contributed by atoms with E-state index in [4.69, 9.17) is 5.73 Å². The summed E-state index contributed by atoms with van der Waals surface area (Å²) < 4.78 is 1.31. The Balaban J connectivity index is 0.000000845. The molecule has 1 heterocycles. The fourth-order valence-electron chi connectivity index (χ4n) is 1.13. The molecule has 5 heteroatoms. The van der Waals surface area contributed by atoms with Crippen LogP contribution in [0.1, 0.15) is 0 Å². The van der Waals surface area contributed by atoms with Crippen LogP contribution in [0.15, 0.2) is 30.6 Å². The van der Waals surface area contributed by atoms with Gasteiger partial charge in [-0.3, -0.25) is 4.57 Å². The summed E-state index contributed by atoms with van der Waals surface area (Å²) in [5.74, 6) is 0. The van der Waals surface area contributed by atoms with E-state index in [1.165, 1.54) is 10.9 Å². The number of hydrogen-bond donors (Lipinski definition) is 1. The average Bonchev–Trinajstić information content (AvgIpc) is 2.47. The van der Waals surface area contributed by atoms with Gasteiger partial charge in [0, 0.05) is 0 Å². The number of carbonyl (C=O) groups is 1. The minimum Gasteiger partial charge on any atom is -0.351 e. The van der Waals surface area contributed by atoms with Gasteiger partial charge >= 0.3 is 6.03 Å². The van der Waals surface area contributed by atoms with E-state index in [0.717, 1.165) is 11.0 Å². The van der Waals surface area contributed by atoms with E-state index in [2.05, 4.69) is 4.98 Å². The molecule has 0 aliphatic carbocycles. The van der Waals surface area contributed by atoms with Gasteiger partial charge in [0.2, 0.25) is 0 Å². The third-order valence-corrected chi connectivity index (χ3v) is 1.69. The van der Waals surface area contributed by atoms with Crippen molar-refractivity contribution in [3.63, 3.8) is 0 Å². The zero-order chi connectivity index (χ0) is 8.55. The first kappa shape index (κ1) is 9.73. The van der Waals surface area contributed by atoms with Crippen LogP contribution in [0.3, 0.4) is 0 Å². The molecular formula is C8H8BrN3O. The fourth-order valence-corrected chi connectivity index (χ4v) is 1.13. The van der Waals surface area contributed by atoms with Crippen LogP contribution in [0.4, 0.5) is 4.79 Å². The predicted molar refractivity (Wildman–Crippen MR) is 55.0 cm³/mol. The third kappa shape index (κ3) is 1.55. The number of nitrogens with two attached hydrogens (primary N) is 1. The number of rotatable bonds is 0. The van der Waals surface area contributed by atoms with Crippen molar-refractivity contribution in [2.75, 3.05) is 0 Å². The molecule has 2 rings (SSSR count). The monoisotopic (exact) mass is 241 g/mol. The molecule has 2 aromatic rings. The second-order valence-electron chi connectivity index (χ2n) is 2.44. The van der Waals surface area contributed by atoms with Crippen molar-refractivity contribution >= 4 is 34.0 Å². The fraction of sp³-hybridized carbons (Fsp3) is 0. The van der Waals surface area contributed by atoms with Crippen LogP contribution in [0.25, 0.3) is 11.0 Å². The molecule has 0 atom stereocenters. The molecule has 4 nitrogen and oxygen atoms in total. The van der Waals surface area contributed by atoms with Crippen molar-refractivity contribution in [2.24, 2.45) is 5.73 Å². The largest absolute Gasteiger partial charge is 0.351 e. The number of nitrogens with zero attached hydrogens (tertiary/aromatic N) is 2. The molecule has 2 N–H and O–H groups in total. The number of benzene rings is 1. The highest BCUT2D eigenvalue weighted by molar-refractivity contribution is 8.93. The number of primary amides is 1. The number of fused-ring (bicyclic) bond motifs is 1. The van der Waals surface area contributed by atoms with Crippen LogP contribution in [-0.2, 0) is 0 Å². The minimum absolute atomic E-state index is 0. The Bertz CT molecular complexity index is 438. The molecule has 0 bridgehead atoms. The lowest BCUT2D eigenvalue weighted by Gasteiger charge is -1.94.